The summed E-state index contributed by atoms with van der Waals surface area (Å²) in [6, 6.07) is 13.2. The minimum atomic E-state index is -3.46. The minimum Gasteiger partial charge on any atom is -0.493 e. The number of aliphatic hydroxyl groups excluding tert-OH is 1. The molecule has 3 rings (SSSR count). The van der Waals surface area contributed by atoms with E-state index in [1.807, 2.05) is 6.92 Å². The van der Waals surface area contributed by atoms with E-state index in [9.17, 15) is 22.7 Å². The highest BCUT2D eigenvalue weighted by molar-refractivity contribution is 7.89. The van der Waals surface area contributed by atoms with Gasteiger partial charge in [-0.2, -0.15) is 0 Å². The summed E-state index contributed by atoms with van der Waals surface area (Å²) < 4.78 is 46.8. The van der Waals surface area contributed by atoms with Crippen molar-refractivity contribution in [2.75, 3.05) is 32.0 Å². The van der Waals surface area contributed by atoms with Crippen molar-refractivity contribution in [3.05, 3.63) is 65.0 Å². The van der Waals surface area contributed by atoms with Crippen LogP contribution in [0.2, 0.25) is 0 Å². The van der Waals surface area contributed by atoms with Crippen LogP contribution in [0, 0.1) is 5.82 Å². The Balaban J connectivity index is 1.41. The zero-order valence-electron chi connectivity index (χ0n) is 25.1. The second kappa shape index (κ2) is 16.4. The highest BCUT2D eigenvalue weighted by atomic mass is 32.2. The van der Waals surface area contributed by atoms with Crippen molar-refractivity contribution in [3.8, 4) is 5.75 Å². The Morgan fingerprint density at radius 1 is 1.12 bits per heavy atom. The fourth-order valence-corrected chi connectivity index (χ4v) is 6.79. The zero-order valence-corrected chi connectivity index (χ0v) is 25.9. The van der Waals surface area contributed by atoms with Gasteiger partial charge in [-0.05, 0) is 86.6 Å². The number of rotatable bonds is 21. The van der Waals surface area contributed by atoms with Crippen molar-refractivity contribution < 1.29 is 27.4 Å². The normalized spacial score (nSPS) is 15.1. The second-order valence-electron chi connectivity index (χ2n) is 11.3. The number of nitrogens with one attached hydrogen (secondary N) is 1. The Kier molecular flexibility index (Phi) is 13.2. The molecule has 42 heavy (non-hydrogen) atoms. The molecule has 0 aliphatic heterocycles. The van der Waals surface area contributed by atoms with Crippen LogP contribution in [0.1, 0.15) is 81.9 Å². The molecule has 234 valence electrons. The third kappa shape index (κ3) is 10.9. The predicted molar refractivity (Wildman–Crippen MR) is 164 cm³/mol. The summed E-state index contributed by atoms with van der Waals surface area (Å²) in [5.41, 5.74) is 8.43. The standard InChI is InChI=1S/C32H48FN3O5S/c1-3-16-36(42(39,40)19-8-11-31(34)38)17-5-6-18-41-30-22-26(21-28(33)23-30)12-13-29(37)24-35-32(14-15-32)27-10-7-9-25(4-2)20-27/h7,9-10,20-23,29,35,37H,3-6,8,11-19,24H2,1-2H3,(H2,34,38)/t29-/m0/s1. The average Bonchev–Trinajstić information content (AvgIpc) is 3.75. The van der Waals surface area contributed by atoms with Crippen LogP contribution < -0.4 is 15.8 Å². The van der Waals surface area contributed by atoms with E-state index in [0.29, 0.717) is 64.1 Å². The van der Waals surface area contributed by atoms with Crippen molar-refractivity contribution in [1.29, 1.82) is 0 Å². The van der Waals surface area contributed by atoms with E-state index in [2.05, 4.69) is 36.5 Å². The van der Waals surface area contributed by atoms with Crippen molar-refractivity contribution in [2.45, 2.75) is 89.7 Å². The number of halogens is 1. The first kappa shape index (κ1) is 34.0. The summed E-state index contributed by atoms with van der Waals surface area (Å²) in [5, 5.41) is 14.2. The lowest BCUT2D eigenvalue weighted by atomic mass is 10.00. The van der Waals surface area contributed by atoms with Crippen molar-refractivity contribution in [1.82, 2.24) is 9.62 Å². The summed E-state index contributed by atoms with van der Waals surface area (Å²) in [6.07, 6.45) is 5.74. The van der Waals surface area contributed by atoms with Crippen molar-refractivity contribution in [3.63, 3.8) is 0 Å². The topological polar surface area (TPSA) is 122 Å². The van der Waals surface area contributed by atoms with Crippen LogP contribution in [0.3, 0.4) is 0 Å². The first-order chi connectivity index (χ1) is 20.1. The lowest BCUT2D eigenvalue weighted by molar-refractivity contribution is -0.118. The molecule has 0 bridgehead atoms. The predicted octanol–water partition coefficient (Wildman–Crippen LogP) is 4.43. The van der Waals surface area contributed by atoms with Gasteiger partial charge in [-0.15, -0.1) is 0 Å². The third-order valence-electron chi connectivity index (χ3n) is 7.77. The Bertz CT molecular complexity index is 1250. The SMILES string of the molecule is CCCN(CCCCOc1cc(F)cc(CC[C@H](O)CNC2(c3cccc(CC)c3)CC2)c1)S(=O)(=O)CCCC(N)=O. The van der Waals surface area contributed by atoms with Crippen LogP contribution in [0.25, 0.3) is 0 Å². The van der Waals surface area contributed by atoms with Crippen LogP contribution >= 0.6 is 0 Å². The molecule has 0 unspecified atom stereocenters. The van der Waals surface area contributed by atoms with Crippen LogP contribution in [-0.4, -0.2) is 61.8 Å². The Morgan fingerprint density at radius 3 is 2.60 bits per heavy atom. The molecule has 1 fully saturated rings. The number of nitrogens with two attached hydrogens (primary N) is 1. The van der Waals surface area contributed by atoms with Crippen LogP contribution in [0.15, 0.2) is 42.5 Å². The van der Waals surface area contributed by atoms with E-state index in [1.54, 1.807) is 6.07 Å². The maximum Gasteiger partial charge on any atom is 0.217 e. The number of primary amides is 1. The fraction of sp³-hybridized carbons (Fsp3) is 0.594. The van der Waals surface area contributed by atoms with Gasteiger partial charge >= 0.3 is 0 Å². The number of aryl methyl sites for hydroxylation is 2. The van der Waals surface area contributed by atoms with Gasteiger partial charge in [-0.25, -0.2) is 17.1 Å². The van der Waals surface area contributed by atoms with E-state index >= 15 is 0 Å². The molecule has 1 amide bonds. The lowest BCUT2D eigenvalue weighted by Gasteiger charge is -2.21. The number of nitrogens with zero attached hydrogens (tertiary/aromatic N) is 1. The number of aliphatic hydroxyl groups is 1. The molecule has 0 saturated heterocycles. The van der Waals surface area contributed by atoms with Gasteiger partial charge in [0.05, 0.1) is 18.5 Å². The van der Waals surface area contributed by atoms with Crippen LogP contribution in [0.4, 0.5) is 4.39 Å². The molecule has 0 radical (unpaired) electrons. The summed E-state index contributed by atoms with van der Waals surface area (Å²) in [6.45, 7) is 5.66. The Morgan fingerprint density at radius 2 is 1.90 bits per heavy atom. The molecule has 0 aromatic heterocycles. The molecule has 2 aromatic carbocycles. The number of carbonyl (C=O) groups is 1. The summed E-state index contributed by atoms with van der Waals surface area (Å²) in [7, 11) is -3.46. The first-order valence-corrected chi connectivity index (χ1v) is 16.9. The minimum absolute atomic E-state index is 0.0469. The maximum absolute atomic E-state index is 14.3. The molecule has 0 spiro atoms. The van der Waals surface area contributed by atoms with Gasteiger partial charge in [-0.1, -0.05) is 38.1 Å². The molecule has 8 nitrogen and oxygen atoms in total. The molecule has 1 atom stereocenters. The van der Waals surface area contributed by atoms with E-state index < -0.39 is 22.0 Å². The summed E-state index contributed by atoms with van der Waals surface area (Å²) >= 11 is 0. The number of carbonyl (C=O) groups excluding carboxylic acids is 1. The number of hydrogen-bond acceptors (Lipinski definition) is 6. The number of unbranched alkanes of at least 4 members (excludes halogenated alkanes) is 1. The Hall–Kier alpha value is -2.53. The van der Waals surface area contributed by atoms with Gasteiger partial charge in [0.1, 0.15) is 11.6 Å². The average molecular weight is 606 g/mol. The molecule has 1 aliphatic rings. The Labute approximate surface area is 250 Å². The van der Waals surface area contributed by atoms with Gasteiger partial charge in [0, 0.05) is 37.7 Å². The van der Waals surface area contributed by atoms with Gasteiger partial charge < -0.3 is 20.9 Å². The number of amides is 1. The van der Waals surface area contributed by atoms with Gasteiger partial charge in [-0.3, -0.25) is 4.79 Å². The molecule has 1 aliphatic carbocycles. The smallest absolute Gasteiger partial charge is 0.217 e. The summed E-state index contributed by atoms with van der Waals surface area (Å²) in [4.78, 5) is 10.9. The van der Waals surface area contributed by atoms with Crippen molar-refractivity contribution in [2.24, 2.45) is 5.73 Å². The van der Waals surface area contributed by atoms with Crippen LogP contribution in [-0.2, 0) is 33.2 Å². The maximum atomic E-state index is 14.3. The highest BCUT2D eigenvalue weighted by Gasteiger charge is 2.44. The van der Waals surface area contributed by atoms with E-state index in [0.717, 1.165) is 24.8 Å². The third-order valence-corrected chi connectivity index (χ3v) is 9.73. The molecule has 2 aromatic rings. The van der Waals surface area contributed by atoms with Gasteiger partial charge in [0.2, 0.25) is 15.9 Å². The zero-order chi connectivity index (χ0) is 30.6. The number of benzene rings is 2. The number of sulfonamides is 1. The molecule has 0 heterocycles. The quantitative estimate of drug-likeness (QED) is 0.181. The van der Waals surface area contributed by atoms with E-state index in [4.69, 9.17) is 10.5 Å². The largest absolute Gasteiger partial charge is 0.493 e. The molecule has 4 N–H and O–H groups in total. The first-order valence-electron chi connectivity index (χ1n) is 15.3. The summed E-state index contributed by atoms with van der Waals surface area (Å²) in [5.74, 6) is -0.570. The molecular weight excluding hydrogens is 557 g/mol. The van der Waals surface area contributed by atoms with E-state index in [-0.39, 0.29) is 30.0 Å². The lowest BCUT2D eigenvalue weighted by Crippen LogP contribution is -2.36. The highest BCUT2D eigenvalue weighted by Crippen LogP contribution is 2.45. The van der Waals surface area contributed by atoms with Gasteiger partial charge in [0.25, 0.3) is 0 Å². The van der Waals surface area contributed by atoms with Crippen molar-refractivity contribution >= 4 is 15.9 Å². The monoisotopic (exact) mass is 605 g/mol. The van der Waals surface area contributed by atoms with E-state index in [1.165, 1.54) is 27.6 Å². The van der Waals surface area contributed by atoms with Gasteiger partial charge in [0.15, 0.2) is 0 Å². The molecule has 10 heteroatoms. The molecule has 1 saturated carbocycles. The molecular formula is C32H48FN3O5S. The van der Waals surface area contributed by atoms with Crippen LogP contribution in [0.5, 0.6) is 5.75 Å². The number of hydrogen-bond donors (Lipinski definition) is 3. The second-order valence-corrected chi connectivity index (χ2v) is 13.4. The number of ether oxygens (including phenoxy) is 1. The fourth-order valence-electron chi connectivity index (χ4n) is 5.16.